The summed E-state index contributed by atoms with van der Waals surface area (Å²) in [5.41, 5.74) is 0. The molecule has 4 atom stereocenters. The van der Waals surface area contributed by atoms with Crippen molar-refractivity contribution in [2.45, 2.75) is 111 Å². The maximum absolute atomic E-state index is 13.2. The SMILES string of the molecule is CCOC(=O)CCC[C@H](CCO[Si](c1ccccc1)(c1ccccc1)C(C)(C)C)OC(=O)O[C@@H]1C[C@H](C)CC[C@H]1C(C)C. The van der Waals surface area contributed by atoms with E-state index in [4.69, 9.17) is 18.6 Å². The third kappa shape index (κ3) is 9.67. The Labute approximate surface area is 261 Å². The largest absolute Gasteiger partial charge is 0.508 e. The zero-order chi connectivity index (χ0) is 31.5. The van der Waals surface area contributed by atoms with Crippen LogP contribution in [0.3, 0.4) is 0 Å². The fourth-order valence-electron chi connectivity index (χ4n) is 6.61. The van der Waals surface area contributed by atoms with Gasteiger partial charge in [0.15, 0.2) is 0 Å². The summed E-state index contributed by atoms with van der Waals surface area (Å²) < 4.78 is 24.2. The first-order valence-electron chi connectivity index (χ1n) is 16.3. The van der Waals surface area contributed by atoms with E-state index in [9.17, 15) is 9.59 Å². The molecule has 0 heterocycles. The van der Waals surface area contributed by atoms with Crippen molar-refractivity contribution in [3.63, 3.8) is 0 Å². The lowest BCUT2D eigenvalue weighted by Gasteiger charge is -2.43. The van der Waals surface area contributed by atoms with Crippen LogP contribution in [-0.2, 0) is 23.4 Å². The van der Waals surface area contributed by atoms with E-state index < -0.39 is 20.6 Å². The van der Waals surface area contributed by atoms with Gasteiger partial charge in [-0.05, 0) is 65.8 Å². The van der Waals surface area contributed by atoms with Crippen LogP contribution >= 0.6 is 0 Å². The summed E-state index contributed by atoms with van der Waals surface area (Å²) in [6.45, 7) is 15.9. The standard InChI is InChI=1S/C36H54O6Si/c1-8-39-34(37)21-15-16-29(41-35(38)42-33-26-28(4)22-23-32(33)27(2)3)24-25-40-43(36(5,6)7,30-17-11-9-12-18-30)31-19-13-10-14-20-31/h9-14,17-20,27-29,32-33H,8,15-16,21-26H2,1-7H3/t28-,29-,32+,33-/m1/s1. The molecule has 0 N–H and O–H groups in total. The molecule has 238 valence electrons. The highest BCUT2D eigenvalue weighted by atomic mass is 28.4. The van der Waals surface area contributed by atoms with E-state index in [0.717, 1.165) is 19.3 Å². The average Bonchev–Trinajstić information content (AvgIpc) is 2.95. The van der Waals surface area contributed by atoms with Gasteiger partial charge in [-0.1, -0.05) is 109 Å². The molecular formula is C36H54O6Si. The fourth-order valence-corrected chi connectivity index (χ4v) is 11.2. The summed E-state index contributed by atoms with van der Waals surface area (Å²) in [6, 6.07) is 21.0. The topological polar surface area (TPSA) is 71.1 Å². The Bertz CT molecular complexity index is 1070. The number of carbonyl (C=O) groups excluding carboxylic acids is 2. The minimum absolute atomic E-state index is 0.134. The zero-order valence-corrected chi connectivity index (χ0v) is 28.5. The lowest BCUT2D eigenvalue weighted by Crippen LogP contribution is -2.66. The van der Waals surface area contributed by atoms with Gasteiger partial charge in [-0.2, -0.15) is 0 Å². The van der Waals surface area contributed by atoms with Gasteiger partial charge in [0.1, 0.15) is 12.2 Å². The van der Waals surface area contributed by atoms with Crippen molar-refractivity contribution >= 4 is 30.8 Å². The van der Waals surface area contributed by atoms with Gasteiger partial charge < -0.3 is 18.6 Å². The highest BCUT2D eigenvalue weighted by Gasteiger charge is 2.50. The molecule has 0 spiro atoms. The summed E-state index contributed by atoms with van der Waals surface area (Å²) in [4.78, 5) is 25.2. The number of hydrogen-bond donors (Lipinski definition) is 0. The van der Waals surface area contributed by atoms with Crippen molar-refractivity contribution in [1.82, 2.24) is 0 Å². The molecule has 2 aromatic carbocycles. The van der Waals surface area contributed by atoms with Crippen molar-refractivity contribution in [3.05, 3.63) is 60.7 Å². The van der Waals surface area contributed by atoms with Crippen molar-refractivity contribution in [2.24, 2.45) is 17.8 Å². The van der Waals surface area contributed by atoms with Crippen LogP contribution in [0.4, 0.5) is 4.79 Å². The van der Waals surface area contributed by atoms with E-state index in [2.05, 4.69) is 90.1 Å². The van der Waals surface area contributed by atoms with E-state index >= 15 is 0 Å². The molecule has 0 unspecified atom stereocenters. The summed E-state index contributed by atoms with van der Waals surface area (Å²) in [7, 11) is -2.73. The second kappa shape index (κ2) is 16.4. The molecule has 0 saturated heterocycles. The Balaban J connectivity index is 1.78. The Kier molecular flexibility index (Phi) is 13.3. The van der Waals surface area contributed by atoms with E-state index in [1.165, 1.54) is 10.4 Å². The summed E-state index contributed by atoms with van der Waals surface area (Å²) in [5.74, 6) is 1.06. The quantitative estimate of drug-likeness (QED) is 0.162. The van der Waals surface area contributed by atoms with E-state index in [1.54, 1.807) is 6.92 Å². The first kappa shape index (κ1) is 34.8. The molecule has 7 heteroatoms. The van der Waals surface area contributed by atoms with Crippen LogP contribution in [-0.4, -0.2) is 45.9 Å². The minimum atomic E-state index is -2.73. The number of benzene rings is 2. The predicted molar refractivity (Wildman–Crippen MR) is 175 cm³/mol. The van der Waals surface area contributed by atoms with Gasteiger partial charge in [0.05, 0.1) is 6.61 Å². The van der Waals surface area contributed by atoms with Gasteiger partial charge in [-0.15, -0.1) is 0 Å². The minimum Gasteiger partial charge on any atom is -0.466 e. The number of ether oxygens (including phenoxy) is 3. The molecule has 1 aliphatic carbocycles. The van der Waals surface area contributed by atoms with Crippen LogP contribution < -0.4 is 10.4 Å². The second-order valence-electron chi connectivity index (χ2n) is 13.5. The smallest absolute Gasteiger partial charge is 0.466 e. The van der Waals surface area contributed by atoms with E-state index in [0.29, 0.717) is 50.2 Å². The van der Waals surface area contributed by atoms with Crippen LogP contribution in [0.25, 0.3) is 0 Å². The lowest BCUT2D eigenvalue weighted by atomic mass is 9.75. The van der Waals surface area contributed by atoms with Crippen LogP contribution in [0.5, 0.6) is 0 Å². The Hall–Kier alpha value is -2.64. The van der Waals surface area contributed by atoms with Crippen LogP contribution in [0.15, 0.2) is 60.7 Å². The molecule has 43 heavy (non-hydrogen) atoms. The van der Waals surface area contributed by atoms with Crippen molar-refractivity contribution in [1.29, 1.82) is 0 Å². The normalized spacial score (nSPS) is 20.0. The molecule has 6 nitrogen and oxygen atoms in total. The molecule has 1 fully saturated rings. The van der Waals surface area contributed by atoms with E-state index in [-0.39, 0.29) is 23.5 Å². The Morgan fingerprint density at radius 1 is 0.930 bits per heavy atom. The predicted octanol–water partition coefficient (Wildman–Crippen LogP) is 7.67. The molecule has 0 aromatic heterocycles. The Morgan fingerprint density at radius 3 is 2.07 bits per heavy atom. The molecule has 1 aliphatic rings. The van der Waals surface area contributed by atoms with Gasteiger partial charge in [0.25, 0.3) is 8.32 Å². The molecule has 0 bridgehead atoms. The molecule has 3 rings (SSSR count). The molecule has 0 aliphatic heterocycles. The molecule has 0 amide bonds. The molecule has 0 radical (unpaired) electrons. The summed E-state index contributed by atoms with van der Waals surface area (Å²) in [6.07, 6.45) is 3.80. The van der Waals surface area contributed by atoms with Gasteiger partial charge in [0.2, 0.25) is 0 Å². The zero-order valence-electron chi connectivity index (χ0n) is 27.5. The van der Waals surface area contributed by atoms with Gasteiger partial charge >= 0.3 is 12.1 Å². The number of hydrogen-bond acceptors (Lipinski definition) is 6. The average molecular weight is 611 g/mol. The summed E-state index contributed by atoms with van der Waals surface area (Å²) >= 11 is 0. The lowest BCUT2D eigenvalue weighted by molar-refractivity contribution is -0.143. The second-order valence-corrected chi connectivity index (χ2v) is 17.8. The van der Waals surface area contributed by atoms with Crippen LogP contribution in [0.1, 0.15) is 93.4 Å². The maximum Gasteiger partial charge on any atom is 0.508 e. The first-order valence-corrected chi connectivity index (χ1v) is 18.2. The van der Waals surface area contributed by atoms with Crippen molar-refractivity contribution < 1.29 is 28.2 Å². The molecule has 2 aromatic rings. The number of rotatable bonds is 14. The van der Waals surface area contributed by atoms with Crippen LogP contribution in [0.2, 0.25) is 5.04 Å². The number of esters is 1. The van der Waals surface area contributed by atoms with Crippen molar-refractivity contribution in [3.8, 4) is 0 Å². The monoisotopic (exact) mass is 610 g/mol. The summed E-state index contributed by atoms with van der Waals surface area (Å²) in [5, 5.41) is 2.26. The maximum atomic E-state index is 13.2. The number of carbonyl (C=O) groups is 2. The molecular weight excluding hydrogens is 556 g/mol. The van der Waals surface area contributed by atoms with Crippen molar-refractivity contribution in [2.75, 3.05) is 13.2 Å². The highest BCUT2D eigenvalue weighted by Crippen LogP contribution is 2.37. The van der Waals surface area contributed by atoms with Gasteiger partial charge in [0, 0.05) is 19.4 Å². The van der Waals surface area contributed by atoms with Crippen LogP contribution in [0, 0.1) is 17.8 Å². The third-order valence-electron chi connectivity index (χ3n) is 8.86. The first-order chi connectivity index (χ1) is 20.5. The fraction of sp³-hybridized carbons (Fsp3) is 0.611. The Morgan fingerprint density at radius 2 is 1.53 bits per heavy atom. The highest BCUT2D eigenvalue weighted by molar-refractivity contribution is 6.99. The third-order valence-corrected chi connectivity index (χ3v) is 13.9. The van der Waals surface area contributed by atoms with Gasteiger partial charge in [-0.25, -0.2) is 4.79 Å². The van der Waals surface area contributed by atoms with Gasteiger partial charge in [-0.3, -0.25) is 4.79 Å². The molecule has 1 saturated carbocycles. The van der Waals surface area contributed by atoms with E-state index in [1.807, 2.05) is 12.1 Å².